The van der Waals surface area contributed by atoms with Crippen LogP contribution in [0.3, 0.4) is 0 Å². The van der Waals surface area contributed by atoms with Crippen molar-refractivity contribution in [2.24, 2.45) is 11.1 Å². The van der Waals surface area contributed by atoms with Gasteiger partial charge in [-0.3, -0.25) is 14.6 Å². The lowest BCUT2D eigenvalue weighted by Gasteiger charge is -2.48. The number of oxime groups is 1. The highest BCUT2D eigenvalue weighted by Gasteiger charge is 2.58. The Hall–Kier alpha value is -3.53. The van der Waals surface area contributed by atoms with Gasteiger partial charge in [-0.05, 0) is 73.7 Å². The number of benzene rings is 3. The maximum Gasteiger partial charge on any atom is 0.360 e. The number of methoxy groups -OCH3 is 1. The van der Waals surface area contributed by atoms with Crippen LogP contribution < -0.4 is 0 Å². The van der Waals surface area contributed by atoms with Crippen LogP contribution in [0.5, 0.6) is 0 Å². The minimum Gasteiger partial charge on any atom is -0.465 e. The molecule has 43 heavy (non-hydrogen) atoms. The molecule has 3 aliphatic rings. The van der Waals surface area contributed by atoms with Gasteiger partial charge in [-0.15, -0.1) is 0 Å². The van der Waals surface area contributed by atoms with Crippen molar-refractivity contribution in [3.63, 3.8) is 0 Å². The molecule has 6 rings (SSSR count). The van der Waals surface area contributed by atoms with Crippen molar-refractivity contribution in [1.82, 2.24) is 9.80 Å². The molecular formula is C34H36BrN3O5. The minimum atomic E-state index is -2.20. The molecule has 3 aliphatic heterocycles. The zero-order valence-corrected chi connectivity index (χ0v) is 26.0. The Balaban J connectivity index is 1.19. The minimum absolute atomic E-state index is 0.0956. The predicted octanol–water partition coefficient (Wildman–Crippen LogP) is 5.19. The van der Waals surface area contributed by atoms with Crippen LogP contribution in [0, 0.1) is 5.92 Å². The third kappa shape index (κ3) is 5.61. The Morgan fingerprint density at radius 2 is 1.74 bits per heavy atom. The number of hydrogen-bond donors (Lipinski definition) is 1. The van der Waals surface area contributed by atoms with Crippen molar-refractivity contribution in [2.75, 3.05) is 33.3 Å². The van der Waals surface area contributed by atoms with Crippen LogP contribution in [0.2, 0.25) is 0 Å². The van der Waals surface area contributed by atoms with E-state index >= 15 is 0 Å². The van der Waals surface area contributed by atoms with Crippen molar-refractivity contribution >= 4 is 33.5 Å². The second kappa shape index (κ2) is 11.9. The van der Waals surface area contributed by atoms with Crippen LogP contribution in [0.15, 0.2) is 88.5 Å². The van der Waals surface area contributed by atoms with Gasteiger partial charge >= 0.3 is 5.97 Å². The van der Waals surface area contributed by atoms with E-state index in [1.165, 1.54) is 12.0 Å². The first-order valence-corrected chi connectivity index (χ1v) is 15.5. The topological polar surface area (TPSA) is 91.7 Å². The highest BCUT2D eigenvalue weighted by Crippen LogP contribution is 2.46. The number of rotatable bonds is 7. The third-order valence-electron chi connectivity index (χ3n) is 8.96. The molecule has 3 aromatic rings. The monoisotopic (exact) mass is 645 g/mol. The summed E-state index contributed by atoms with van der Waals surface area (Å²) in [5.74, 6) is -1.94. The second-order valence-electron chi connectivity index (χ2n) is 12.1. The Morgan fingerprint density at radius 1 is 1.07 bits per heavy atom. The fraction of sp³-hybridized carbons (Fsp3) is 0.382. The number of esters is 1. The van der Waals surface area contributed by atoms with E-state index in [0.29, 0.717) is 11.1 Å². The van der Waals surface area contributed by atoms with Gasteiger partial charge in [0.15, 0.2) is 5.60 Å². The number of ether oxygens (including phenoxy) is 1. The first kappa shape index (κ1) is 29.5. The molecule has 0 spiro atoms. The fourth-order valence-corrected chi connectivity index (χ4v) is 7.19. The number of piperidine rings is 1. The van der Waals surface area contributed by atoms with E-state index in [-0.39, 0.29) is 18.4 Å². The summed E-state index contributed by atoms with van der Waals surface area (Å²) in [7, 11) is 1.25. The molecule has 3 unspecified atom stereocenters. The molecule has 8 nitrogen and oxygen atoms in total. The van der Waals surface area contributed by atoms with Gasteiger partial charge in [-0.1, -0.05) is 81.7 Å². The zero-order chi connectivity index (χ0) is 30.2. The fourth-order valence-electron chi connectivity index (χ4n) is 6.81. The van der Waals surface area contributed by atoms with Crippen LogP contribution in [-0.4, -0.2) is 77.1 Å². The molecular weight excluding hydrogens is 610 g/mol. The van der Waals surface area contributed by atoms with Gasteiger partial charge in [-0.25, -0.2) is 4.79 Å². The number of amides is 1. The average Bonchev–Trinajstić information content (AvgIpc) is 3.42. The summed E-state index contributed by atoms with van der Waals surface area (Å²) in [6.07, 6.45) is 2.36. The molecule has 3 atom stereocenters. The number of hydrogen-bond acceptors (Lipinski definition) is 7. The summed E-state index contributed by atoms with van der Waals surface area (Å²) < 4.78 is 5.93. The number of nitrogens with zero attached hydrogens (tertiary/aromatic N) is 3. The molecule has 0 aliphatic carbocycles. The van der Waals surface area contributed by atoms with Gasteiger partial charge in [-0.2, -0.15) is 0 Å². The van der Waals surface area contributed by atoms with Crippen LogP contribution >= 0.6 is 15.9 Å². The highest BCUT2D eigenvalue weighted by molar-refractivity contribution is 9.10. The largest absolute Gasteiger partial charge is 0.465 e. The SMILES string of the molecule is COC(=O)C1(O)C(c2ccccc2)c2cc(Br)ccc2C(=O)N1CC1CCN(CC2(C)CC(c3ccccc3)=NO2)CC1. The number of likely N-dealkylation sites (tertiary alicyclic amines) is 1. The van der Waals surface area contributed by atoms with Crippen LogP contribution in [0.25, 0.3) is 0 Å². The molecule has 3 heterocycles. The summed E-state index contributed by atoms with van der Waals surface area (Å²) >= 11 is 3.51. The van der Waals surface area contributed by atoms with E-state index in [2.05, 4.69) is 45.0 Å². The van der Waals surface area contributed by atoms with E-state index in [9.17, 15) is 14.7 Å². The van der Waals surface area contributed by atoms with Gasteiger partial charge in [0, 0.05) is 29.5 Å². The summed E-state index contributed by atoms with van der Waals surface area (Å²) in [5.41, 5.74) is 1.22. The Bertz CT molecular complexity index is 1530. The summed E-state index contributed by atoms with van der Waals surface area (Å²) in [6.45, 7) is 4.71. The first-order valence-electron chi connectivity index (χ1n) is 14.7. The van der Waals surface area contributed by atoms with Gasteiger partial charge < -0.3 is 14.7 Å². The van der Waals surface area contributed by atoms with E-state index in [0.717, 1.165) is 60.2 Å². The smallest absolute Gasteiger partial charge is 0.360 e. The highest BCUT2D eigenvalue weighted by atomic mass is 79.9. The summed E-state index contributed by atoms with van der Waals surface area (Å²) in [6, 6.07) is 24.9. The molecule has 1 saturated heterocycles. The zero-order valence-electron chi connectivity index (χ0n) is 24.4. The van der Waals surface area contributed by atoms with Gasteiger partial charge in [0.1, 0.15) is 0 Å². The van der Waals surface area contributed by atoms with Crippen molar-refractivity contribution in [3.05, 3.63) is 106 Å². The van der Waals surface area contributed by atoms with E-state index in [1.54, 1.807) is 6.07 Å². The number of carbonyl (C=O) groups is 2. The number of halogens is 1. The lowest BCUT2D eigenvalue weighted by Crippen LogP contribution is -2.65. The van der Waals surface area contributed by atoms with Gasteiger partial charge in [0.05, 0.1) is 18.7 Å². The maximum absolute atomic E-state index is 14.0. The quantitative estimate of drug-likeness (QED) is 0.356. The lowest BCUT2D eigenvalue weighted by atomic mass is 9.75. The second-order valence-corrected chi connectivity index (χ2v) is 13.0. The molecule has 0 saturated carbocycles. The molecule has 1 N–H and O–H groups in total. The van der Waals surface area contributed by atoms with E-state index < -0.39 is 23.2 Å². The molecule has 9 heteroatoms. The summed E-state index contributed by atoms with van der Waals surface area (Å²) in [4.78, 5) is 37.1. The Morgan fingerprint density at radius 3 is 2.42 bits per heavy atom. The standard InChI is InChI=1S/C34H36BrN3O5/c1-33(20-29(36-43-33)24-9-5-3-6-10-24)22-37-17-15-23(16-18-37)21-38-31(39)27-14-13-26(35)19-28(27)30(25-11-7-4-8-12-25)34(38,41)32(40)42-2/h3-14,19,23,30,41H,15-18,20-22H2,1-2H3. The molecule has 1 fully saturated rings. The number of fused-ring (bicyclic) bond motifs is 1. The van der Waals surface area contributed by atoms with Gasteiger partial charge in [0.25, 0.3) is 11.6 Å². The van der Waals surface area contributed by atoms with E-state index in [1.807, 2.05) is 60.7 Å². The molecule has 1 amide bonds. The molecule has 0 aromatic heterocycles. The molecule has 3 aromatic carbocycles. The van der Waals surface area contributed by atoms with Crippen molar-refractivity contribution in [2.45, 2.75) is 43.4 Å². The van der Waals surface area contributed by atoms with Crippen LogP contribution in [-0.2, 0) is 14.4 Å². The Labute approximate surface area is 260 Å². The molecule has 224 valence electrons. The average molecular weight is 647 g/mol. The molecule has 0 bridgehead atoms. The predicted molar refractivity (Wildman–Crippen MR) is 167 cm³/mol. The normalized spacial score (nSPS) is 26.0. The number of carbonyl (C=O) groups excluding carboxylic acids is 2. The third-order valence-corrected chi connectivity index (χ3v) is 9.46. The van der Waals surface area contributed by atoms with Gasteiger partial charge in [0.2, 0.25) is 0 Å². The van der Waals surface area contributed by atoms with Crippen molar-refractivity contribution in [1.29, 1.82) is 0 Å². The number of aliphatic hydroxyl groups is 1. The van der Waals surface area contributed by atoms with Crippen molar-refractivity contribution < 1.29 is 24.3 Å². The van der Waals surface area contributed by atoms with Crippen molar-refractivity contribution in [3.8, 4) is 0 Å². The lowest BCUT2D eigenvalue weighted by molar-refractivity contribution is -0.186. The van der Waals surface area contributed by atoms with Crippen LogP contribution in [0.1, 0.15) is 59.2 Å². The van der Waals surface area contributed by atoms with Crippen LogP contribution in [0.4, 0.5) is 0 Å². The molecule has 0 radical (unpaired) electrons. The Kier molecular flexibility index (Phi) is 8.15. The first-order chi connectivity index (χ1) is 20.7. The maximum atomic E-state index is 14.0. The summed E-state index contributed by atoms with van der Waals surface area (Å²) in [5, 5.41) is 16.7. The van der Waals surface area contributed by atoms with E-state index in [4.69, 9.17) is 9.57 Å².